The average Bonchev–Trinajstić information content (AvgIpc) is 2.42. The highest BCUT2D eigenvalue weighted by molar-refractivity contribution is 5.94. The minimum atomic E-state index is -1.09. The van der Waals surface area contributed by atoms with Crippen LogP contribution in [-0.2, 0) is 14.9 Å². The molecule has 0 aliphatic carbocycles. The van der Waals surface area contributed by atoms with Gasteiger partial charge in [0.1, 0.15) is 11.7 Å². The first-order valence-electron chi connectivity index (χ1n) is 6.75. The fourth-order valence-corrected chi connectivity index (χ4v) is 1.70. The molecule has 6 nitrogen and oxygen atoms in total. The number of aromatic nitrogens is 1. The normalized spacial score (nSPS) is 12.8. The van der Waals surface area contributed by atoms with Gasteiger partial charge in [-0.2, -0.15) is 0 Å². The van der Waals surface area contributed by atoms with E-state index in [0.717, 1.165) is 5.56 Å². The first-order chi connectivity index (χ1) is 9.75. The Balaban J connectivity index is 2.76. The molecule has 2 N–H and O–H groups in total. The summed E-state index contributed by atoms with van der Waals surface area (Å²) in [6.45, 7) is 6.41. The molecular weight excluding hydrogens is 272 g/mol. The number of nitrogens with one attached hydrogen (secondary N) is 1. The van der Waals surface area contributed by atoms with Crippen LogP contribution in [0.4, 0.5) is 0 Å². The maximum Gasteiger partial charge on any atom is 0.326 e. The molecule has 1 aromatic heterocycles. The number of aliphatic carboxylic acids is 1. The second kappa shape index (κ2) is 7.17. The van der Waals surface area contributed by atoms with Crippen LogP contribution in [0.3, 0.4) is 0 Å². The highest BCUT2D eigenvalue weighted by atomic mass is 16.5. The number of amides is 1. The Kier molecular flexibility index (Phi) is 5.84. The van der Waals surface area contributed by atoms with E-state index >= 15 is 0 Å². The van der Waals surface area contributed by atoms with Crippen LogP contribution in [0.5, 0.6) is 0 Å². The summed E-state index contributed by atoms with van der Waals surface area (Å²) >= 11 is 0. The van der Waals surface area contributed by atoms with E-state index in [0.29, 0.717) is 0 Å². The van der Waals surface area contributed by atoms with Gasteiger partial charge in [0.25, 0.3) is 5.91 Å². The van der Waals surface area contributed by atoms with Crippen LogP contribution in [0.25, 0.3) is 0 Å². The van der Waals surface area contributed by atoms with Crippen molar-refractivity contribution < 1.29 is 19.4 Å². The Morgan fingerprint density at radius 3 is 2.48 bits per heavy atom. The molecule has 0 fully saturated rings. The Labute approximate surface area is 124 Å². The van der Waals surface area contributed by atoms with Crippen LogP contribution in [0, 0.1) is 0 Å². The Bertz CT molecular complexity index is 491. The molecule has 0 saturated carbocycles. The highest BCUT2D eigenvalue weighted by Crippen LogP contribution is 2.20. The molecule has 0 aromatic carbocycles. The molecule has 1 atom stereocenters. The minimum absolute atomic E-state index is 0.0515. The summed E-state index contributed by atoms with van der Waals surface area (Å²) in [5.41, 5.74) is 1.16. The molecule has 1 rings (SSSR count). The van der Waals surface area contributed by atoms with Crippen LogP contribution in [-0.4, -0.2) is 41.7 Å². The Morgan fingerprint density at radius 1 is 1.38 bits per heavy atom. The predicted molar refractivity (Wildman–Crippen MR) is 78.3 cm³/mol. The number of ether oxygens (including phenoxy) is 1. The zero-order valence-electron chi connectivity index (χ0n) is 12.8. The molecule has 116 valence electrons. The first-order valence-corrected chi connectivity index (χ1v) is 6.75. The third kappa shape index (κ3) is 5.15. The van der Waals surface area contributed by atoms with Crippen molar-refractivity contribution in [1.82, 2.24) is 10.3 Å². The number of nitrogens with zero attached hydrogens (tertiary/aromatic N) is 1. The lowest BCUT2D eigenvalue weighted by Gasteiger charge is -2.18. The molecule has 0 bridgehead atoms. The first kappa shape index (κ1) is 17.1. The van der Waals surface area contributed by atoms with Crippen molar-refractivity contribution in [2.24, 2.45) is 0 Å². The van der Waals surface area contributed by atoms with E-state index in [1.54, 1.807) is 12.3 Å². The number of carboxylic acids is 1. The number of carboxylic acid groups (broad SMARTS) is 1. The lowest BCUT2D eigenvalue weighted by molar-refractivity contribution is -0.139. The lowest BCUT2D eigenvalue weighted by Crippen LogP contribution is -2.41. The number of carbonyl (C=O) groups is 2. The van der Waals surface area contributed by atoms with E-state index in [1.165, 1.54) is 7.11 Å². The zero-order chi connectivity index (χ0) is 16.0. The molecule has 6 heteroatoms. The van der Waals surface area contributed by atoms with Gasteiger partial charge in [0.2, 0.25) is 0 Å². The van der Waals surface area contributed by atoms with Crippen molar-refractivity contribution in [1.29, 1.82) is 0 Å². The topological polar surface area (TPSA) is 88.5 Å². The fraction of sp³-hybridized carbons (Fsp3) is 0.533. The largest absolute Gasteiger partial charge is 0.480 e. The van der Waals surface area contributed by atoms with Gasteiger partial charge in [-0.15, -0.1) is 0 Å². The third-order valence-electron chi connectivity index (χ3n) is 3.08. The molecule has 0 aliphatic rings. The van der Waals surface area contributed by atoms with Crippen molar-refractivity contribution in [2.45, 2.75) is 38.6 Å². The van der Waals surface area contributed by atoms with Crippen molar-refractivity contribution in [3.05, 3.63) is 29.6 Å². The molecule has 1 heterocycles. The van der Waals surface area contributed by atoms with E-state index in [1.807, 2.05) is 6.07 Å². The highest BCUT2D eigenvalue weighted by Gasteiger charge is 2.21. The average molecular weight is 294 g/mol. The minimum Gasteiger partial charge on any atom is -0.480 e. The van der Waals surface area contributed by atoms with Crippen molar-refractivity contribution >= 4 is 11.9 Å². The molecule has 0 aliphatic heterocycles. The number of hydrogen-bond donors (Lipinski definition) is 2. The van der Waals surface area contributed by atoms with Crippen LogP contribution in [0.1, 0.15) is 43.2 Å². The SMILES string of the molecule is COCCC(NC(=O)c1ccc(C(C)(C)C)cn1)C(=O)O. The van der Waals surface area contributed by atoms with Crippen LogP contribution in [0.15, 0.2) is 18.3 Å². The van der Waals surface area contributed by atoms with Gasteiger partial charge < -0.3 is 15.2 Å². The van der Waals surface area contributed by atoms with Gasteiger partial charge in [-0.25, -0.2) is 4.79 Å². The predicted octanol–water partition coefficient (Wildman–Crippen LogP) is 1.60. The van der Waals surface area contributed by atoms with Gasteiger partial charge in [-0.1, -0.05) is 26.8 Å². The number of rotatable bonds is 6. The standard InChI is InChI=1S/C15H22N2O4/c1-15(2,3)10-5-6-11(16-9-10)13(18)17-12(14(19)20)7-8-21-4/h5-6,9,12H,7-8H2,1-4H3,(H,17,18)(H,19,20). The van der Waals surface area contributed by atoms with E-state index < -0.39 is 17.9 Å². The second-order valence-corrected chi connectivity index (χ2v) is 5.83. The summed E-state index contributed by atoms with van der Waals surface area (Å²) < 4.78 is 4.83. The number of carbonyl (C=O) groups excluding carboxylic acids is 1. The van der Waals surface area contributed by atoms with E-state index in [-0.39, 0.29) is 24.1 Å². The Morgan fingerprint density at radius 2 is 2.05 bits per heavy atom. The van der Waals surface area contributed by atoms with E-state index in [2.05, 4.69) is 31.1 Å². The quantitative estimate of drug-likeness (QED) is 0.832. The monoisotopic (exact) mass is 294 g/mol. The molecule has 21 heavy (non-hydrogen) atoms. The van der Waals surface area contributed by atoms with Gasteiger partial charge in [0.05, 0.1) is 0 Å². The zero-order valence-corrected chi connectivity index (χ0v) is 12.8. The van der Waals surface area contributed by atoms with Gasteiger partial charge in [0, 0.05) is 26.3 Å². The van der Waals surface area contributed by atoms with Gasteiger partial charge in [-0.05, 0) is 17.0 Å². The van der Waals surface area contributed by atoms with Gasteiger partial charge >= 0.3 is 5.97 Å². The van der Waals surface area contributed by atoms with E-state index in [4.69, 9.17) is 9.84 Å². The van der Waals surface area contributed by atoms with Crippen molar-refractivity contribution in [3.8, 4) is 0 Å². The maximum atomic E-state index is 12.0. The Hall–Kier alpha value is -1.95. The summed E-state index contributed by atoms with van der Waals surface area (Å²) in [5, 5.41) is 11.5. The molecule has 1 unspecified atom stereocenters. The van der Waals surface area contributed by atoms with Crippen LogP contribution < -0.4 is 5.32 Å². The van der Waals surface area contributed by atoms with E-state index in [9.17, 15) is 9.59 Å². The second-order valence-electron chi connectivity index (χ2n) is 5.83. The van der Waals surface area contributed by atoms with Crippen LogP contribution >= 0.6 is 0 Å². The maximum absolute atomic E-state index is 12.0. The van der Waals surface area contributed by atoms with Gasteiger partial charge in [0.15, 0.2) is 0 Å². The summed E-state index contributed by atoms with van der Waals surface area (Å²) in [7, 11) is 1.48. The molecule has 1 aromatic rings. The lowest BCUT2D eigenvalue weighted by atomic mass is 9.88. The molecule has 0 saturated heterocycles. The summed E-state index contributed by atoms with van der Waals surface area (Å²) in [6, 6.07) is 2.44. The number of methoxy groups -OCH3 is 1. The fourth-order valence-electron chi connectivity index (χ4n) is 1.70. The smallest absolute Gasteiger partial charge is 0.326 e. The summed E-state index contributed by atoms with van der Waals surface area (Å²) in [5.74, 6) is -1.59. The van der Waals surface area contributed by atoms with Gasteiger partial charge in [-0.3, -0.25) is 9.78 Å². The third-order valence-corrected chi connectivity index (χ3v) is 3.08. The molecular formula is C15H22N2O4. The van der Waals surface area contributed by atoms with Crippen molar-refractivity contribution in [2.75, 3.05) is 13.7 Å². The number of hydrogen-bond acceptors (Lipinski definition) is 4. The molecule has 0 radical (unpaired) electrons. The molecule has 1 amide bonds. The molecule has 0 spiro atoms. The summed E-state index contributed by atoms with van der Waals surface area (Å²) in [6.07, 6.45) is 1.84. The summed E-state index contributed by atoms with van der Waals surface area (Å²) in [4.78, 5) is 27.2. The van der Waals surface area contributed by atoms with Crippen molar-refractivity contribution in [3.63, 3.8) is 0 Å². The van der Waals surface area contributed by atoms with Crippen LogP contribution in [0.2, 0.25) is 0 Å². The number of pyridine rings is 1.